The van der Waals surface area contributed by atoms with E-state index in [4.69, 9.17) is 0 Å². The summed E-state index contributed by atoms with van der Waals surface area (Å²) in [5.41, 5.74) is 0. The van der Waals surface area contributed by atoms with Crippen LogP contribution in [0.15, 0.2) is 17.6 Å². The van der Waals surface area contributed by atoms with Gasteiger partial charge in [0, 0.05) is 7.05 Å². The van der Waals surface area contributed by atoms with E-state index in [0.29, 0.717) is 6.54 Å². The second-order valence-corrected chi connectivity index (χ2v) is 1.46. The molecule has 0 radical (unpaired) electrons. The lowest BCUT2D eigenvalue weighted by atomic mass is 10.6. The van der Waals surface area contributed by atoms with Gasteiger partial charge in [0.25, 0.3) is 0 Å². The van der Waals surface area contributed by atoms with Crippen LogP contribution in [0, 0.1) is 0 Å². The van der Waals surface area contributed by atoms with E-state index in [2.05, 4.69) is 16.9 Å². The molecule has 0 saturated carbocycles. The van der Waals surface area contributed by atoms with Gasteiger partial charge in [-0.3, -0.25) is 4.99 Å². The van der Waals surface area contributed by atoms with Gasteiger partial charge in [-0.25, -0.2) is 0 Å². The minimum atomic E-state index is 0.701. The Morgan fingerprint density at radius 2 is 2.50 bits per heavy atom. The van der Waals surface area contributed by atoms with Crippen LogP contribution in [0.5, 0.6) is 0 Å². The number of hydrogen-bond acceptors (Lipinski definition) is 1. The molecule has 0 spiro atoms. The molecule has 0 aromatic heterocycles. The third-order valence-electron chi connectivity index (χ3n) is 0.819. The molecule has 2 nitrogen and oxygen atoms in total. The fourth-order valence-corrected chi connectivity index (χ4v) is 0.281. The monoisotopic (exact) mass is 112 g/mol. The van der Waals surface area contributed by atoms with E-state index in [1.54, 1.807) is 6.08 Å². The average molecular weight is 112 g/mol. The quantitative estimate of drug-likeness (QED) is 0.319. The molecule has 0 saturated heterocycles. The number of hydrogen-bond donors (Lipinski definition) is 1. The summed E-state index contributed by atoms with van der Waals surface area (Å²) in [6.45, 7) is 6.15. The first-order chi connectivity index (χ1) is 3.81. The molecule has 8 heavy (non-hydrogen) atoms. The number of amidine groups is 1. The summed E-state index contributed by atoms with van der Waals surface area (Å²) in [5, 5.41) is 2.90. The van der Waals surface area contributed by atoms with E-state index < -0.39 is 0 Å². The van der Waals surface area contributed by atoms with Crippen LogP contribution in [0.2, 0.25) is 0 Å². The fraction of sp³-hybridized carbons (Fsp3) is 0.500. The number of aliphatic imine (C=N–C) groups is 1. The molecule has 1 N–H and O–H groups in total. The van der Waals surface area contributed by atoms with Crippen LogP contribution in [-0.2, 0) is 0 Å². The van der Waals surface area contributed by atoms with Crippen LogP contribution in [0.4, 0.5) is 0 Å². The van der Waals surface area contributed by atoms with E-state index in [1.807, 2.05) is 14.0 Å². The van der Waals surface area contributed by atoms with E-state index in [1.165, 1.54) is 0 Å². The summed E-state index contributed by atoms with van der Waals surface area (Å²) in [4.78, 5) is 4.05. The Kier molecular flexibility index (Phi) is 3.94. The maximum absolute atomic E-state index is 4.05. The topological polar surface area (TPSA) is 24.4 Å². The van der Waals surface area contributed by atoms with E-state index >= 15 is 0 Å². The highest BCUT2D eigenvalue weighted by Crippen LogP contribution is 1.71. The standard InChI is InChI=1S/C6H12N2/c1-4-5-8-6(2)7-3/h4H,1,5H2,2-3H3,(H,7,8). The molecular formula is C6H12N2. The Hall–Kier alpha value is -0.790. The molecule has 0 rings (SSSR count). The summed E-state index contributed by atoms with van der Waals surface area (Å²) in [5.74, 6) is 0.949. The van der Waals surface area contributed by atoms with E-state index in [0.717, 1.165) is 5.84 Å². The Morgan fingerprint density at radius 1 is 1.88 bits per heavy atom. The van der Waals surface area contributed by atoms with Crippen molar-refractivity contribution in [2.45, 2.75) is 6.92 Å². The second-order valence-electron chi connectivity index (χ2n) is 1.46. The van der Waals surface area contributed by atoms with Gasteiger partial charge in [-0.05, 0) is 6.92 Å². The molecule has 0 unspecified atom stereocenters. The van der Waals surface area contributed by atoms with Crippen molar-refractivity contribution < 1.29 is 0 Å². The Balaban J connectivity index is 3.40. The highest BCUT2D eigenvalue weighted by molar-refractivity contribution is 5.79. The van der Waals surface area contributed by atoms with Gasteiger partial charge < -0.3 is 5.32 Å². The molecule has 0 aliphatic heterocycles. The third kappa shape index (κ3) is 3.40. The number of nitrogens with one attached hydrogen (secondary N) is 1. The second kappa shape index (κ2) is 4.37. The third-order valence-corrected chi connectivity index (χ3v) is 0.819. The number of rotatable bonds is 2. The minimum absolute atomic E-state index is 0.701. The summed E-state index contributed by atoms with van der Waals surface area (Å²) in [6, 6.07) is 0. The SMILES string of the molecule is C=CC/N=C(/C)NC. The van der Waals surface area contributed by atoms with Gasteiger partial charge in [0.05, 0.1) is 12.4 Å². The molecule has 0 aliphatic rings. The lowest BCUT2D eigenvalue weighted by Crippen LogP contribution is -2.13. The van der Waals surface area contributed by atoms with Crippen LogP contribution >= 0.6 is 0 Å². The van der Waals surface area contributed by atoms with Gasteiger partial charge >= 0.3 is 0 Å². The van der Waals surface area contributed by atoms with Gasteiger partial charge in [-0.1, -0.05) is 6.08 Å². The van der Waals surface area contributed by atoms with Gasteiger partial charge in [-0.15, -0.1) is 6.58 Å². The van der Waals surface area contributed by atoms with Gasteiger partial charge in [0.15, 0.2) is 0 Å². The molecular weight excluding hydrogens is 100 g/mol. The van der Waals surface area contributed by atoms with Crippen molar-refractivity contribution in [1.29, 1.82) is 0 Å². The summed E-state index contributed by atoms with van der Waals surface area (Å²) < 4.78 is 0. The predicted octanol–water partition coefficient (Wildman–Crippen LogP) is 0.810. The zero-order valence-electron chi connectivity index (χ0n) is 5.44. The first-order valence-corrected chi connectivity index (χ1v) is 2.61. The van der Waals surface area contributed by atoms with Crippen molar-refractivity contribution in [2.24, 2.45) is 4.99 Å². The molecule has 0 atom stereocenters. The highest BCUT2D eigenvalue weighted by Gasteiger charge is 1.76. The van der Waals surface area contributed by atoms with Crippen LogP contribution < -0.4 is 5.32 Å². The fourth-order valence-electron chi connectivity index (χ4n) is 0.281. The van der Waals surface area contributed by atoms with Crippen molar-refractivity contribution >= 4 is 5.84 Å². The smallest absolute Gasteiger partial charge is 0.0932 e. The zero-order valence-corrected chi connectivity index (χ0v) is 5.44. The highest BCUT2D eigenvalue weighted by atomic mass is 14.9. The molecule has 0 amide bonds. The van der Waals surface area contributed by atoms with E-state index in [9.17, 15) is 0 Å². The van der Waals surface area contributed by atoms with Crippen molar-refractivity contribution in [2.75, 3.05) is 13.6 Å². The lowest BCUT2D eigenvalue weighted by Gasteiger charge is -1.93. The first kappa shape index (κ1) is 7.21. The molecule has 0 aromatic carbocycles. The molecule has 0 aliphatic carbocycles. The van der Waals surface area contributed by atoms with Crippen LogP contribution in [0.3, 0.4) is 0 Å². The molecule has 0 heterocycles. The van der Waals surface area contributed by atoms with Crippen molar-refractivity contribution in [3.8, 4) is 0 Å². The lowest BCUT2D eigenvalue weighted by molar-refractivity contribution is 1.10. The Bertz CT molecular complexity index is 94.7. The zero-order chi connectivity index (χ0) is 6.41. The predicted molar refractivity (Wildman–Crippen MR) is 37.2 cm³/mol. The number of nitrogens with zero attached hydrogens (tertiary/aromatic N) is 1. The maximum Gasteiger partial charge on any atom is 0.0932 e. The molecule has 0 fully saturated rings. The summed E-state index contributed by atoms with van der Waals surface area (Å²) >= 11 is 0. The normalized spacial score (nSPS) is 11.0. The molecule has 0 bridgehead atoms. The van der Waals surface area contributed by atoms with Crippen molar-refractivity contribution in [1.82, 2.24) is 5.32 Å². The largest absolute Gasteiger partial charge is 0.377 e. The van der Waals surface area contributed by atoms with Gasteiger partial charge in [0.2, 0.25) is 0 Å². The molecule has 46 valence electrons. The Morgan fingerprint density at radius 3 is 2.88 bits per heavy atom. The van der Waals surface area contributed by atoms with Crippen molar-refractivity contribution in [3.05, 3.63) is 12.7 Å². The first-order valence-electron chi connectivity index (χ1n) is 2.61. The molecule has 2 heteroatoms. The van der Waals surface area contributed by atoms with E-state index in [-0.39, 0.29) is 0 Å². The van der Waals surface area contributed by atoms with Gasteiger partial charge in [-0.2, -0.15) is 0 Å². The van der Waals surface area contributed by atoms with Gasteiger partial charge in [0.1, 0.15) is 0 Å². The Labute approximate surface area is 50.3 Å². The van der Waals surface area contributed by atoms with Crippen LogP contribution in [0.25, 0.3) is 0 Å². The maximum atomic E-state index is 4.05. The molecule has 0 aromatic rings. The summed E-state index contributed by atoms with van der Waals surface area (Å²) in [7, 11) is 1.85. The average Bonchev–Trinajstić information content (AvgIpc) is 1.83. The van der Waals surface area contributed by atoms with Crippen molar-refractivity contribution in [3.63, 3.8) is 0 Å². The van der Waals surface area contributed by atoms with Crippen LogP contribution in [-0.4, -0.2) is 19.4 Å². The summed E-state index contributed by atoms with van der Waals surface area (Å²) in [6.07, 6.45) is 1.76. The minimum Gasteiger partial charge on any atom is -0.377 e. The van der Waals surface area contributed by atoms with Crippen LogP contribution in [0.1, 0.15) is 6.92 Å².